The smallest absolute Gasteiger partial charge is 0.335 e. The number of hydrogen-bond donors (Lipinski definition) is 2. The quantitative estimate of drug-likeness (QED) is 0.317. The first kappa shape index (κ1) is 26.5. The van der Waals surface area contributed by atoms with E-state index in [0.29, 0.717) is 24.4 Å². The number of aromatic carboxylic acids is 1. The molecule has 8 heteroatoms. The highest BCUT2D eigenvalue weighted by Gasteiger charge is 2.17. The van der Waals surface area contributed by atoms with Gasteiger partial charge in [0.1, 0.15) is 6.61 Å². The Bertz CT molecular complexity index is 1150. The molecule has 1 atom stereocenters. The third kappa shape index (κ3) is 7.44. The van der Waals surface area contributed by atoms with Gasteiger partial charge in [0, 0.05) is 22.6 Å². The number of hydrogen-bond acceptors (Lipinski definition) is 7. The van der Waals surface area contributed by atoms with Crippen LogP contribution in [0.5, 0.6) is 5.88 Å². The van der Waals surface area contributed by atoms with Crippen LogP contribution in [0.2, 0.25) is 0 Å². The zero-order valence-corrected chi connectivity index (χ0v) is 22.0. The van der Waals surface area contributed by atoms with Crippen LogP contribution in [0.4, 0.5) is 5.95 Å². The maximum Gasteiger partial charge on any atom is 0.335 e. The van der Waals surface area contributed by atoms with E-state index in [4.69, 9.17) is 9.72 Å². The van der Waals surface area contributed by atoms with Gasteiger partial charge in [-0.15, -0.1) is 0 Å². The zero-order chi connectivity index (χ0) is 25.5. The van der Waals surface area contributed by atoms with E-state index in [1.807, 2.05) is 18.2 Å². The van der Waals surface area contributed by atoms with E-state index in [2.05, 4.69) is 68.5 Å². The molecular weight excluding hydrogens is 460 g/mol. The molecule has 1 heterocycles. The number of anilines is 1. The molecule has 1 unspecified atom stereocenters. The van der Waals surface area contributed by atoms with E-state index in [9.17, 15) is 9.90 Å². The molecule has 186 valence electrons. The van der Waals surface area contributed by atoms with E-state index in [1.165, 1.54) is 11.9 Å². The van der Waals surface area contributed by atoms with Gasteiger partial charge in [0.05, 0.1) is 11.3 Å². The summed E-state index contributed by atoms with van der Waals surface area (Å²) in [5.41, 5.74) is 4.29. The average molecular weight is 495 g/mol. The standard InChI is InChI=1S/C27H34N4O3S/c1-17(2)13-21(31(5)6)16-34-24-15-23(25-18(3)9-7-10-19(25)4)28-27(29-24)30-35-22-12-8-11-20(14-22)26(32)33/h7-12,14-15,17,21H,13,16H2,1-6H3,(H,32,33)(H,28,29,30). The highest BCUT2D eigenvalue weighted by molar-refractivity contribution is 8.00. The minimum absolute atomic E-state index is 0.228. The SMILES string of the molecule is Cc1cccc(C)c1-c1cc(OCC(CC(C)C)N(C)C)nc(NSc2cccc(C(=O)O)c2)n1. The number of nitrogens with zero attached hydrogens (tertiary/aromatic N) is 3. The van der Waals surface area contributed by atoms with Crippen molar-refractivity contribution in [1.29, 1.82) is 0 Å². The highest BCUT2D eigenvalue weighted by atomic mass is 32.2. The van der Waals surface area contributed by atoms with E-state index in [1.54, 1.807) is 18.2 Å². The normalized spacial score (nSPS) is 12.1. The molecule has 3 aromatic rings. The fourth-order valence-corrected chi connectivity index (χ4v) is 4.47. The number of aryl methyl sites for hydroxylation is 2. The summed E-state index contributed by atoms with van der Waals surface area (Å²) in [5, 5.41) is 9.27. The molecule has 3 rings (SSSR count). The lowest BCUT2D eigenvalue weighted by Crippen LogP contribution is -2.35. The number of carboxylic acid groups (broad SMARTS) is 1. The van der Waals surface area contributed by atoms with Crippen LogP contribution in [-0.4, -0.2) is 52.7 Å². The van der Waals surface area contributed by atoms with E-state index in [-0.39, 0.29) is 11.6 Å². The minimum atomic E-state index is -0.965. The molecule has 0 radical (unpaired) electrons. The number of ether oxygens (including phenoxy) is 1. The molecule has 0 aliphatic heterocycles. The van der Waals surface area contributed by atoms with Gasteiger partial charge in [-0.25, -0.2) is 9.78 Å². The Kier molecular flexibility index (Phi) is 9.12. The Hall–Kier alpha value is -3.10. The van der Waals surface area contributed by atoms with Gasteiger partial charge >= 0.3 is 5.97 Å². The number of benzene rings is 2. The molecule has 0 bridgehead atoms. The van der Waals surface area contributed by atoms with Crippen molar-refractivity contribution in [3.8, 4) is 17.1 Å². The van der Waals surface area contributed by atoms with Crippen molar-refractivity contribution in [1.82, 2.24) is 14.9 Å². The molecule has 0 aliphatic rings. The summed E-state index contributed by atoms with van der Waals surface area (Å²) >= 11 is 1.26. The fraction of sp³-hybridized carbons (Fsp3) is 0.370. The van der Waals surface area contributed by atoms with Gasteiger partial charge < -0.3 is 14.7 Å². The van der Waals surface area contributed by atoms with Crippen molar-refractivity contribution in [3.63, 3.8) is 0 Å². The molecule has 0 aliphatic carbocycles. The summed E-state index contributed by atoms with van der Waals surface area (Å²) in [7, 11) is 4.13. The highest BCUT2D eigenvalue weighted by Crippen LogP contribution is 2.30. The Morgan fingerprint density at radius 2 is 1.77 bits per heavy atom. The monoisotopic (exact) mass is 494 g/mol. The summed E-state index contributed by atoms with van der Waals surface area (Å²) in [6.07, 6.45) is 1.02. The summed E-state index contributed by atoms with van der Waals surface area (Å²) in [5.74, 6) is 0.483. The van der Waals surface area contributed by atoms with Crippen molar-refractivity contribution >= 4 is 23.9 Å². The van der Waals surface area contributed by atoms with Crippen molar-refractivity contribution < 1.29 is 14.6 Å². The van der Waals surface area contributed by atoms with Crippen molar-refractivity contribution in [2.75, 3.05) is 25.4 Å². The van der Waals surface area contributed by atoms with E-state index in [0.717, 1.165) is 33.7 Å². The number of rotatable bonds is 11. The lowest BCUT2D eigenvalue weighted by molar-refractivity contribution is 0.0696. The first-order valence-electron chi connectivity index (χ1n) is 11.6. The van der Waals surface area contributed by atoms with Crippen LogP contribution < -0.4 is 9.46 Å². The lowest BCUT2D eigenvalue weighted by atomic mass is 10.00. The van der Waals surface area contributed by atoms with Gasteiger partial charge in [0.25, 0.3) is 0 Å². The molecule has 7 nitrogen and oxygen atoms in total. The van der Waals surface area contributed by atoms with Gasteiger partial charge in [-0.2, -0.15) is 4.98 Å². The molecule has 0 saturated carbocycles. The maximum atomic E-state index is 11.3. The van der Waals surface area contributed by atoms with Crippen LogP contribution >= 0.6 is 11.9 Å². The van der Waals surface area contributed by atoms with E-state index >= 15 is 0 Å². The Balaban J connectivity index is 1.90. The molecule has 1 aromatic heterocycles. The molecule has 0 fully saturated rings. The first-order chi connectivity index (χ1) is 16.6. The second-order valence-corrected chi connectivity index (χ2v) is 10.2. The Morgan fingerprint density at radius 3 is 2.40 bits per heavy atom. The van der Waals surface area contributed by atoms with Gasteiger partial charge in [-0.1, -0.05) is 38.1 Å². The first-order valence-corrected chi connectivity index (χ1v) is 12.5. The average Bonchev–Trinajstić information content (AvgIpc) is 2.80. The molecule has 2 N–H and O–H groups in total. The van der Waals surface area contributed by atoms with Gasteiger partial charge in [0.2, 0.25) is 11.8 Å². The predicted octanol–water partition coefficient (Wildman–Crippen LogP) is 5.93. The summed E-state index contributed by atoms with van der Waals surface area (Å²) in [6, 6.07) is 15.0. The van der Waals surface area contributed by atoms with Crippen LogP contribution in [0.3, 0.4) is 0 Å². The van der Waals surface area contributed by atoms with Gasteiger partial charge in [-0.05, 0) is 81.6 Å². The van der Waals surface area contributed by atoms with Crippen LogP contribution in [0.1, 0.15) is 41.8 Å². The fourth-order valence-electron chi connectivity index (χ4n) is 3.84. The molecule has 0 saturated heterocycles. The zero-order valence-electron chi connectivity index (χ0n) is 21.2. The summed E-state index contributed by atoms with van der Waals surface area (Å²) in [4.78, 5) is 23.6. The molecule has 0 amide bonds. The van der Waals surface area contributed by atoms with Crippen molar-refractivity contribution in [2.24, 2.45) is 5.92 Å². The third-order valence-electron chi connectivity index (χ3n) is 5.68. The summed E-state index contributed by atoms with van der Waals surface area (Å²) in [6.45, 7) is 9.06. The number of likely N-dealkylation sites (N-methyl/N-ethyl adjacent to an activating group) is 1. The Morgan fingerprint density at radius 1 is 1.09 bits per heavy atom. The summed E-state index contributed by atoms with van der Waals surface area (Å²) < 4.78 is 9.37. The number of carbonyl (C=O) groups is 1. The molecule has 0 spiro atoms. The van der Waals surface area contributed by atoms with Crippen molar-refractivity contribution in [2.45, 2.75) is 45.1 Å². The lowest BCUT2D eigenvalue weighted by Gasteiger charge is -2.26. The largest absolute Gasteiger partial charge is 0.478 e. The minimum Gasteiger partial charge on any atom is -0.478 e. The van der Waals surface area contributed by atoms with Crippen molar-refractivity contribution in [3.05, 3.63) is 65.2 Å². The number of nitrogens with one attached hydrogen (secondary N) is 1. The third-order valence-corrected chi connectivity index (χ3v) is 6.45. The Labute approximate surface area is 212 Å². The predicted molar refractivity (Wildman–Crippen MR) is 142 cm³/mol. The van der Waals surface area contributed by atoms with E-state index < -0.39 is 5.97 Å². The van der Waals surface area contributed by atoms with Crippen LogP contribution in [0.25, 0.3) is 11.3 Å². The second kappa shape index (κ2) is 12.0. The number of aromatic nitrogens is 2. The van der Waals surface area contributed by atoms with Crippen LogP contribution in [0, 0.1) is 19.8 Å². The second-order valence-electron chi connectivity index (χ2n) is 9.28. The maximum absolute atomic E-state index is 11.3. The van der Waals surface area contributed by atoms with Crippen LogP contribution in [-0.2, 0) is 0 Å². The molecule has 2 aromatic carbocycles. The topological polar surface area (TPSA) is 87.6 Å². The molecule has 35 heavy (non-hydrogen) atoms. The van der Waals surface area contributed by atoms with Gasteiger partial charge in [0.15, 0.2) is 0 Å². The number of carboxylic acids is 1. The molecular formula is C27H34N4O3S. The van der Waals surface area contributed by atoms with Crippen LogP contribution in [0.15, 0.2) is 53.4 Å². The van der Waals surface area contributed by atoms with Gasteiger partial charge in [-0.3, -0.25) is 4.72 Å².